The summed E-state index contributed by atoms with van der Waals surface area (Å²) in [6.45, 7) is 5.78. The van der Waals surface area contributed by atoms with Crippen molar-refractivity contribution in [2.24, 2.45) is 5.41 Å². The van der Waals surface area contributed by atoms with Gasteiger partial charge in [-0.15, -0.1) is 0 Å². The van der Waals surface area contributed by atoms with Crippen LogP contribution in [0.2, 0.25) is 0 Å². The first-order valence-corrected chi connectivity index (χ1v) is 11.6. The molecule has 2 heteroatoms. The van der Waals surface area contributed by atoms with Crippen LogP contribution in [0.25, 0.3) is 55.1 Å². The molecular formula is C32H27NO. The van der Waals surface area contributed by atoms with E-state index in [1.807, 2.05) is 63.4 Å². The summed E-state index contributed by atoms with van der Waals surface area (Å²) in [6, 6.07) is 30.7. The van der Waals surface area contributed by atoms with Crippen molar-refractivity contribution in [2.75, 3.05) is 0 Å². The Kier molecular flexibility index (Phi) is 4.27. The second-order valence-corrected chi connectivity index (χ2v) is 9.86. The summed E-state index contributed by atoms with van der Waals surface area (Å²) >= 11 is 0. The summed E-state index contributed by atoms with van der Waals surface area (Å²) in [4.78, 5) is 4.68. The van der Waals surface area contributed by atoms with E-state index in [4.69, 9.17) is 7.16 Å². The third-order valence-corrected chi connectivity index (χ3v) is 6.14. The maximum Gasteiger partial charge on any atom is 0.144 e. The maximum absolute atomic E-state index is 8.56. The van der Waals surface area contributed by atoms with Crippen LogP contribution < -0.4 is 0 Å². The lowest BCUT2D eigenvalue weighted by molar-refractivity contribution is 0.411. The van der Waals surface area contributed by atoms with E-state index in [0.29, 0.717) is 5.56 Å². The highest BCUT2D eigenvalue weighted by atomic mass is 16.3. The molecule has 0 spiro atoms. The van der Waals surface area contributed by atoms with Crippen LogP contribution in [0.15, 0.2) is 102 Å². The molecule has 0 atom stereocenters. The van der Waals surface area contributed by atoms with Gasteiger partial charge >= 0.3 is 0 Å². The van der Waals surface area contributed by atoms with Gasteiger partial charge in [-0.05, 0) is 69.6 Å². The number of hydrogen-bond donors (Lipinski definition) is 0. The van der Waals surface area contributed by atoms with Crippen molar-refractivity contribution >= 4 is 32.7 Å². The zero-order valence-corrected chi connectivity index (χ0v) is 19.6. The second kappa shape index (κ2) is 7.85. The molecular weight excluding hydrogens is 414 g/mol. The van der Waals surface area contributed by atoms with Crippen LogP contribution in [0.3, 0.4) is 0 Å². The molecule has 0 N–H and O–H groups in total. The molecule has 2 nitrogen and oxygen atoms in total. The molecule has 6 aromatic rings. The van der Waals surface area contributed by atoms with Gasteiger partial charge in [0.2, 0.25) is 0 Å². The fourth-order valence-electron chi connectivity index (χ4n) is 4.62. The second-order valence-electron chi connectivity index (χ2n) is 9.86. The SMILES string of the molecule is [2H]C([2H])(c1ccc(-c2ccnc(-c3cccc4c3oc3cc5ccccc5cc34)c2)cc1)C(C)(C)C. The zero-order chi connectivity index (χ0) is 25.1. The van der Waals surface area contributed by atoms with E-state index in [1.165, 1.54) is 5.39 Å². The van der Waals surface area contributed by atoms with Gasteiger partial charge in [-0.25, -0.2) is 0 Å². The molecule has 34 heavy (non-hydrogen) atoms. The molecule has 166 valence electrons. The lowest BCUT2D eigenvalue weighted by atomic mass is 9.87. The Bertz CT molecular complexity index is 1740. The van der Waals surface area contributed by atoms with Crippen molar-refractivity contribution < 1.29 is 7.16 Å². The maximum atomic E-state index is 8.56. The molecule has 0 aliphatic carbocycles. The summed E-state index contributed by atoms with van der Waals surface area (Å²) < 4.78 is 23.5. The van der Waals surface area contributed by atoms with Gasteiger partial charge in [0, 0.05) is 25.3 Å². The van der Waals surface area contributed by atoms with Gasteiger partial charge in [0.1, 0.15) is 11.2 Å². The van der Waals surface area contributed by atoms with Gasteiger partial charge in [0.05, 0.1) is 5.69 Å². The molecule has 6 rings (SSSR count). The molecule has 2 heterocycles. The van der Waals surface area contributed by atoms with Gasteiger partial charge < -0.3 is 4.42 Å². The number of furan rings is 1. The largest absolute Gasteiger partial charge is 0.455 e. The number of rotatable bonds is 3. The molecule has 2 aromatic heterocycles. The Balaban J connectivity index is 1.43. The summed E-state index contributed by atoms with van der Waals surface area (Å²) in [5.74, 6) is 0. The van der Waals surface area contributed by atoms with Gasteiger partial charge in [0.15, 0.2) is 0 Å². The predicted octanol–water partition coefficient (Wildman–Crippen LogP) is 9.06. The Hall–Kier alpha value is -3.91. The molecule has 0 fully saturated rings. The Morgan fingerprint density at radius 2 is 1.53 bits per heavy atom. The van der Waals surface area contributed by atoms with Crippen LogP contribution in [0, 0.1) is 5.41 Å². The minimum atomic E-state index is -1.42. The van der Waals surface area contributed by atoms with Crippen molar-refractivity contribution in [1.82, 2.24) is 4.98 Å². The number of aromatic nitrogens is 1. The van der Waals surface area contributed by atoms with Crippen LogP contribution >= 0.6 is 0 Å². The smallest absolute Gasteiger partial charge is 0.144 e. The zero-order valence-electron chi connectivity index (χ0n) is 21.6. The summed E-state index contributed by atoms with van der Waals surface area (Å²) in [7, 11) is 0. The number of hydrogen-bond acceptors (Lipinski definition) is 2. The highest BCUT2D eigenvalue weighted by Gasteiger charge is 2.15. The highest BCUT2D eigenvalue weighted by Crippen LogP contribution is 2.37. The van der Waals surface area contributed by atoms with Crippen LogP contribution in [-0.4, -0.2) is 4.98 Å². The Morgan fingerprint density at radius 1 is 0.765 bits per heavy atom. The monoisotopic (exact) mass is 443 g/mol. The van der Waals surface area contributed by atoms with E-state index >= 15 is 0 Å². The topological polar surface area (TPSA) is 26.0 Å². The number of pyridine rings is 1. The van der Waals surface area contributed by atoms with Crippen LogP contribution in [0.1, 0.15) is 29.1 Å². The molecule has 0 amide bonds. The first-order chi connectivity index (χ1) is 17.2. The minimum absolute atomic E-state index is 0.491. The molecule has 0 saturated heterocycles. The van der Waals surface area contributed by atoms with Crippen LogP contribution in [0.4, 0.5) is 0 Å². The summed E-state index contributed by atoms with van der Waals surface area (Å²) in [5, 5.41) is 4.53. The average molecular weight is 444 g/mol. The predicted molar refractivity (Wildman–Crippen MR) is 143 cm³/mol. The van der Waals surface area contributed by atoms with Crippen molar-refractivity contribution in [3.05, 3.63) is 103 Å². The number of para-hydroxylation sites is 1. The molecule has 0 bridgehead atoms. The number of nitrogens with zero attached hydrogens (tertiary/aromatic N) is 1. The van der Waals surface area contributed by atoms with Gasteiger partial charge in [-0.3, -0.25) is 4.98 Å². The third kappa shape index (κ3) is 3.76. The van der Waals surface area contributed by atoms with Crippen molar-refractivity contribution in [1.29, 1.82) is 0 Å². The summed E-state index contributed by atoms with van der Waals surface area (Å²) in [5.41, 5.74) is 5.75. The fraction of sp³-hybridized carbons (Fsp3) is 0.156. The van der Waals surface area contributed by atoms with Crippen LogP contribution in [-0.2, 0) is 6.37 Å². The molecule has 0 unspecified atom stereocenters. The molecule has 0 aliphatic rings. The molecule has 0 aliphatic heterocycles. The number of benzene rings is 4. The molecule has 0 radical (unpaired) electrons. The third-order valence-electron chi connectivity index (χ3n) is 6.14. The van der Waals surface area contributed by atoms with E-state index in [0.717, 1.165) is 49.7 Å². The van der Waals surface area contributed by atoms with Gasteiger partial charge in [-0.1, -0.05) is 81.4 Å². The van der Waals surface area contributed by atoms with E-state index < -0.39 is 11.8 Å². The quantitative estimate of drug-likeness (QED) is 0.273. The first-order valence-electron chi connectivity index (χ1n) is 12.6. The number of fused-ring (bicyclic) bond motifs is 4. The summed E-state index contributed by atoms with van der Waals surface area (Å²) in [6.07, 6.45) is 0.402. The van der Waals surface area contributed by atoms with Gasteiger partial charge in [0.25, 0.3) is 0 Å². The van der Waals surface area contributed by atoms with E-state index in [9.17, 15) is 0 Å². The van der Waals surface area contributed by atoms with E-state index in [1.54, 1.807) is 0 Å². The fourth-order valence-corrected chi connectivity index (χ4v) is 4.62. The van der Waals surface area contributed by atoms with E-state index in [2.05, 4.69) is 59.6 Å². The van der Waals surface area contributed by atoms with Crippen LogP contribution in [0.5, 0.6) is 0 Å². The van der Waals surface area contributed by atoms with Crippen molar-refractivity contribution in [3.8, 4) is 22.4 Å². The normalized spacial score (nSPS) is 13.4. The lowest BCUT2D eigenvalue weighted by Crippen LogP contribution is -2.08. The Morgan fingerprint density at radius 3 is 2.29 bits per heavy atom. The van der Waals surface area contributed by atoms with E-state index in [-0.39, 0.29) is 0 Å². The van der Waals surface area contributed by atoms with Crippen molar-refractivity contribution in [3.63, 3.8) is 0 Å². The molecule has 0 saturated carbocycles. The average Bonchev–Trinajstić information content (AvgIpc) is 3.24. The standard InChI is InChI=1S/C32H27NO/c1-32(2,3)20-21-11-13-22(14-12-21)25-15-16-33-29(18-25)27-10-6-9-26-28-17-23-7-4-5-8-24(23)19-30(28)34-31(26)27/h4-19H,20H2,1-3H3/i20D2. The highest BCUT2D eigenvalue weighted by molar-refractivity contribution is 6.13. The Labute approximate surface area is 202 Å². The van der Waals surface area contributed by atoms with Crippen molar-refractivity contribution in [2.45, 2.75) is 27.1 Å². The van der Waals surface area contributed by atoms with Gasteiger partial charge in [-0.2, -0.15) is 0 Å². The molecule has 4 aromatic carbocycles. The first kappa shape index (κ1) is 18.5. The lowest BCUT2D eigenvalue weighted by Gasteiger charge is -2.18. The minimum Gasteiger partial charge on any atom is -0.455 e.